The Morgan fingerprint density at radius 2 is 2.35 bits per heavy atom. The molecule has 92 valence electrons. The normalized spacial score (nSPS) is 26.4. The minimum absolute atomic E-state index is 0.108. The molecule has 1 aromatic heterocycles. The Hall–Kier alpha value is -1.41. The molecule has 5 heteroatoms. The van der Waals surface area contributed by atoms with Gasteiger partial charge < -0.3 is 9.26 Å². The van der Waals surface area contributed by atoms with Crippen molar-refractivity contribution >= 4 is 0 Å². The topological polar surface area (TPSA) is 71.9 Å². The predicted molar refractivity (Wildman–Crippen MR) is 59.9 cm³/mol. The van der Waals surface area contributed by atoms with Gasteiger partial charge in [-0.05, 0) is 33.1 Å². The zero-order valence-electron chi connectivity index (χ0n) is 10.3. The molecule has 0 spiro atoms. The van der Waals surface area contributed by atoms with Crippen LogP contribution in [0.4, 0.5) is 0 Å². The fourth-order valence-electron chi connectivity index (χ4n) is 1.97. The zero-order valence-corrected chi connectivity index (χ0v) is 10.3. The maximum atomic E-state index is 8.74. The standard InChI is InChI=1S/C12H17N3O2/c1-9(8-13)7-10-14-11(15-17-10)12(2)5-3-4-6-16-12/h9H,3-7H2,1-2H3. The van der Waals surface area contributed by atoms with Crippen molar-refractivity contribution in [2.75, 3.05) is 6.61 Å². The zero-order chi connectivity index (χ0) is 12.3. The van der Waals surface area contributed by atoms with Gasteiger partial charge in [-0.2, -0.15) is 10.2 Å². The van der Waals surface area contributed by atoms with Gasteiger partial charge in [-0.1, -0.05) is 5.16 Å². The number of nitrogens with zero attached hydrogens (tertiary/aromatic N) is 3. The summed E-state index contributed by atoms with van der Waals surface area (Å²) in [5.41, 5.74) is -0.421. The van der Waals surface area contributed by atoms with Gasteiger partial charge in [0.05, 0.1) is 12.0 Å². The monoisotopic (exact) mass is 235 g/mol. The van der Waals surface area contributed by atoms with Gasteiger partial charge in [0.15, 0.2) is 0 Å². The Morgan fingerprint density at radius 1 is 1.53 bits per heavy atom. The van der Waals surface area contributed by atoms with Gasteiger partial charge in [-0.25, -0.2) is 0 Å². The summed E-state index contributed by atoms with van der Waals surface area (Å²) in [6.45, 7) is 4.58. The minimum atomic E-state index is -0.421. The van der Waals surface area contributed by atoms with Gasteiger partial charge >= 0.3 is 0 Å². The summed E-state index contributed by atoms with van der Waals surface area (Å²) < 4.78 is 10.9. The van der Waals surface area contributed by atoms with E-state index in [9.17, 15) is 0 Å². The molecular formula is C12H17N3O2. The van der Waals surface area contributed by atoms with Crippen LogP contribution in [0.5, 0.6) is 0 Å². The summed E-state index contributed by atoms with van der Waals surface area (Å²) in [5, 5.41) is 12.7. The molecule has 2 heterocycles. The van der Waals surface area contributed by atoms with Crippen molar-refractivity contribution in [3.63, 3.8) is 0 Å². The lowest BCUT2D eigenvalue weighted by Gasteiger charge is -2.30. The van der Waals surface area contributed by atoms with Crippen LogP contribution in [0, 0.1) is 17.2 Å². The van der Waals surface area contributed by atoms with E-state index < -0.39 is 5.60 Å². The Kier molecular flexibility index (Phi) is 3.43. The molecule has 1 saturated heterocycles. The summed E-state index contributed by atoms with van der Waals surface area (Å²) in [7, 11) is 0. The molecule has 0 aromatic carbocycles. The molecule has 1 aromatic rings. The van der Waals surface area contributed by atoms with Crippen LogP contribution < -0.4 is 0 Å². The van der Waals surface area contributed by atoms with Crippen LogP contribution in [-0.4, -0.2) is 16.7 Å². The average Bonchev–Trinajstić information content (AvgIpc) is 2.79. The second kappa shape index (κ2) is 4.84. The smallest absolute Gasteiger partial charge is 0.228 e. The van der Waals surface area contributed by atoms with Gasteiger partial charge in [-0.3, -0.25) is 0 Å². The van der Waals surface area contributed by atoms with Crippen molar-refractivity contribution in [1.82, 2.24) is 10.1 Å². The first-order valence-electron chi connectivity index (χ1n) is 6.01. The van der Waals surface area contributed by atoms with E-state index in [-0.39, 0.29) is 5.92 Å². The lowest BCUT2D eigenvalue weighted by molar-refractivity contribution is -0.0770. The van der Waals surface area contributed by atoms with E-state index >= 15 is 0 Å². The largest absolute Gasteiger partial charge is 0.367 e. The van der Waals surface area contributed by atoms with Crippen molar-refractivity contribution in [1.29, 1.82) is 5.26 Å². The fourth-order valence-corrected chi connectivity index (χ4v) is 1.97. The van der Waals surface area contributed by atoms with Crippen molar-refractivity contribution in [2.24, 2.45) is 5.92 Å². The number of rotatable bonds is 3. The summed E-state index contributed by atoms with van der Waals surface area (Å²) in [6.07, 6.45) is 3.63. The van der Waals surface area contributed by atoms with Crippen LogP contribution in [0.15, 0.2) is 4.52 Å². The first-order valence-corrected chi connectivity index (χ1v) is 6.01. The summed E-state index contributed by atoms with van der Waals surface area (Å²) in [6, 6.07) is 2.15. The van der Waals surface area contributed by atoms with Crippen LogP contribution in [0.2, 0.25) is 0 Å². The van der Waals surface area contributed by atoms with Crippen LogP contribution in [0.25, 0.3) is 0 Å². The van der Waals surface area contributed by atoms with Gasteiger partial charge in [0, 0.05) is 13.0 Å². The molecule has 1 fully saturated rings. The summed E-state index contributed by atoms with van der Waals surface area (Å²) in [5.74, 6) is 1.02. The molecule has 2 rings (SSSR count). The maximum absolute atomic E-state index is 8.74. The number of aromatic nitrogens is 2. The highest BCUT2D eigenvalue weighted by molar-refractivity contribution is 5.01. The van der Waals surface area contributed by atoms with Crippen molar-refractivity contribution < 1.29 is 9.26 Å². The Labute approximate surface area is 101 Å². The third-order valence-corrected chi connectivity index (χ3v) is 3.11. The Bertz CT molecular complexity index is 416. The quantitative estimate of drug-likeness (QED) is 0.803. The Morgan fingerprint density at radius 3 is 3.00 bits per heavy atom. The number of nitriles is 1. The highest BCUT2D eigenvalue weighted by Gasteiger charge is 2.34. The predicted octanol–water partition coefficient (Wildman–Crippen LogP) is 2.19. The van der Waals surface area contributed by atoms with E-state index in [1.807, 2.05) is 13.8 Å². The minimum Gasteiger partial charge on any atom is -0.367 e. The third kappa shape index (κ3) is 2.64. The first-order chi connectivity index (χ1) is 8.14. The highest BCUT2D eigenvalue weighted by atomic mass is 16.5. The molecular weight excluding hydrogens is 218 g/mol. The molecule has 0 amide bonds. The maximum Gasteiger partial charge on any atom is 0.228 e. The van der Waals surface area contributed by atoms with E-state index in [1.54, 1.807) is 0 Å². The SMILES string of the molecule is CC(C#N)Cc1nc(C2(C)CCCCO2)no1. The summed E-state index contributed by atoms with van der Waals surface area (Å²) in [4.78, 5) is 4.34. The average molecular weight is 235 g/mol. The van der Waals surface area contributed by atoms with E-state index in [2.05, 4.69) is 16.2 Å². The van der Waals surface area contributed by atoms with E-state index in [1.165, 1.54) is 0 Å². The molecule has 17 heavy (non-hydrogen) atoms. The van der Waals surface area contributed by atoms with Crippen molar-refractivity contribution in [3.05, 3.63) is 11.7 Å². The Balaban J connectivity index is 2.09. The van der Waals surface area contributed by atoms with Crippen LogP contribution >= 0.6 is 0 Å². The molecule has 0 radical (unpaired) electrons. The second-order valence-electron chi connectivity index (χ2n) is 4.78. The van der Waals surface area contributed by atoms with Crippen LogP contribution in [0.3, 0.4) is 0 Å². The summed E-state index contributed by atoms with van der Waals surface area (Å²) >= 11 is 0. The lowest BCUT2D eigenvalue weighted by Crippen LogP contribution is -2.31. The van der Waals surface area contributed by atoms with Gasteiger partial charge in [-0.15, -0.1) is 0 Å². The third-order valence-electron chi connectivity index (χ3n) is 3.11. The molecule has 1 aliphatic rings. The molecule has 1 aliphatic heterocycles. The van der Waals surface area contributed by atoms with Crippen LogP contribution in [-0.2, 0) is 16.8 Å². The number of ether oxygens (including phenoxy) is 1. The second-order valence-corrected chi connectivity index (χ2v) is 4.78. The lowest BCUT2D eigenvalue weighted by atomic mass is 9.95. The molecule has 2 atom stereocenters. The molecule has 5 nitrogen and oxygen atoms in total. The number of hydrogen-bond acceptors (Lipinski definition) is 5. The number of hydrogen-bond donors (Lipinski definition) is 0. The molecule has 0 saturated carbocycles. The molecule has 0 N–H and O–H groups in total. The van der Waals surface area contributed by atoms with Crippen LogP contribution in [0.1, 0.15) is 44.8 Å². The molecule has 0 bridgehead atoms. The van der Waals surface area contributed by atoms with E-state index in [0.29, 0.717) is 18.1 Å². The van der Waals surface area contributed by atoms with Crippen molar-refractivity contribution in [3.8, 4) is 6.07 Å². The van der Waals surface area contributed by atoms with Gasteiger partial charge in [0.25, 0.3) is 0 Å². The molecule has 2 unspecified atom stereocenters. The molecule has 0 aliphatic carbocycles. The van der Waals surface area contributed by atoms with E-state index in [0.717, 1.165) is 25.9 Å². The van der Waals surface area contributed by atoms with Crippen molar-refractivity contribution in [2.45, 2.75) is 45.1 Å². The highest BCUT2D eigenvalue weighted by Crippen LogP contribution is 2.32. The van der Waals surface area contributed by atoms with Gasteiger partial charge in [0.1, 0.15) is 5.60 Å². The fraction of sp³-hybridized carbons (Fsp3) is 0.750. The first kappa shape index (κ1) is 12.1. The van der Waals surface area contributed by atoms with Gasteiger partial charge in [0.2, 0.25) is 11.7 Å². The van der Waals surface area contributed by atoms with E-state index in [4.69, 9.17) is 14.5 Å².